The van der Waals surface area contributed by atoms with Gasteiger partial charge in [0, 0.05) is 19.4 Å². The smallest absolute Gasteiger partial charge is 0.128 e. The molecule has 1 heterocycles. The fourth-order valence-corrected chi connectivity index (χ4v) is 1.13. The average molecular weight is 181 g/mol. The molecular formula is C10H15NO2. The first-order valence-corrected chi connectivity index (χ1v) is 4.62. The molecule has 1 rings (SSSR count). The summed E-state index contributed by atoms with van der Waals surface area (Å²) in [7, 11) is 0. The zero-order valence-electron chi connectivity index (χ0n) is 7.79. The molecule has 0 spiro atoms. The summed E-state index contributed by atoms with van der Waals surface area (Å²) in [6, 6.07) is 0. The number of hydrogen-bond acceptors (Lipinski definition) is 3. The van der Waals surface area contributed by atoms with Crippen LogP contribution in [-0.4, -0.2) is 25.5 Å². The van der Waals surface area contributed by atoms with Crippen molar-refractivity contribution in [2.75, 3.05) is 19.8 Å². The average Bonchev–Trinajstić information content (AvgIpc) is 2.41. The second kappa shape index (κ2) is 6.50. The molecule has 0 aliphatic carbocycles. The second-order valence-electron chi connectivity index (χ2n) is 2.91. The van der Waals surface area contributed by atoms with E-state index in [1.165, 1.54) is 0 Å². The van der Waals surface area contributed by atoms with Gasteiger partial charge in [0.15, 0.2) is 0 Å². The highest BCUT2D eigenvalue weighted by atomic mass is 16.6. The van der Waals surface area contributed by atoms with Gasteiger partial charge in [-0.15, -0.1) is 12.3 Å². The summed E-state index contributed by atoms with van der Waals surface area (Å²) < 4.78 is 5.28. The fraction of sp³-hybridized carbons (Fsp3) is 0.700. The molecule has 0 aromatic carbocycles. The zero-order valence-corrected chi connectivity index (χ0v) is 7.79. The molecule has 0 unspecified atom stereocenters. The second-order valence-corrected chi connectivity index (χ2v) is 2.91. The van der Waals surface area contributed by atoms with Crippen LogP contribution >= 0.6 is 0 Å². The van der Waals surface area contributed by atoms with Crippen molar-refractivity contribution in [1.82, 2.24) is 0 Å². The number of oxime groups is 1. The third kappa shape index (κ3) is 4.54. The number of ether oxygens (including phenoxy) is 1. The van der Waals surface area contributed by atoms with E-state index >= 15 is 0 Å². The van der Waals surface area contributed by atoms with Gasteiger partial charge in [-0.2, -0.15) is 0 Å². The van der Waals surface area contributed by atoms with Crippen LogP contribution in [0, 0.1) is 12.3 Å². The maximum atomic E-state index is 5.28. The van der Waals surface area contributed by atoms with Crippen LogP contribution < -0.4 is 0 Å². The van der Waals surface area contributed by atoms with Crippen molar-refractivity contribution in [3.8, 4) is 12.3 Å². The van der Waals surface area contributed by atoms with Gasteiger partial charge in [0.1, 0.15) is 6.61 Å². The van der Waals surface area contributed by atoms with E-state index in [1.807, 2.05) is 0 Å². The SMILES string of the molecule is C#CCCO/N=C1/CCCOCC1. The number of terminal acetylenes is 1. The highest BCUT2D eigenvalue weighted by molar-refractivity contribution is 5.84. The maximum Gasteiger partial charge on any atom is 0.128 e. The van der Waals surface area contributed by atoms with E-state index in [1.54, 1.807) is 0 Å². The minimum Gasteiger partial charge on any atom is -0.395 e. The molecule has 0 bridgehead atoms. The predicted molar refractivity (Wildman–Crippen MR) is 51.5 cm³/mol. The van der Waals surface area contributed by atoms with Crippen LogP contribution in [0.2, 0.25) is 0 Å². The van der Waals surface area contributed by atoms with Gasteiger partial charge >= 0.3 is 0 Å². The summed E-state index contributed by atoms with van der Waals surface area (Å²) in [5.74, 6) is 2.50. The molecule has 0 atom stereocenters. The van der Waals surface area contributed by atoms with Gasteiger partial charge < -0.3 is 9.57 Å². The molecule has 1 fully saturated rings. The van der Waals surface area contributed by atoms with E-state index in [4.69, 9.17) is 16.0 Å². The summed E-state index contributed by atoms with van der Waals surface area (Å²) in [6.45, 7) is 2.11. The Balaban J connectivity index is 2.19. The third-order valence-electron chi connectivity index (χ3n) is 1.82. The van der Waals surface area contributed by atoms with Gasteiger partial charge in [-0.3, -0.25) is 0 Å². The van der Waals surface area contributed by atoms with Crippen molar-refractivity contribution in [2.24, 2.45) is 5.16 Å². The maximum absolute atomic E-state index is 5.28. The van der Waals surface area contributed by atoms with Crippen molar-refractivity contribution in [3.05, 3.63) is 0 Å². The van der Waals surface area contributed by atoms with Crippen molar-refractivity contribution < 1.29 is 9.57 Å². The molecule has 0 radical (unpaired) electrons. The van der Waals surface area contributed by atoms with Crippen LogP contribution in [0.3, 0.4) is 0 Å². The highest BCUT2D eigenvalue weighted by Gasteiger charge is 2.05. The first kappa shape index (κ1) is 10.1. The van der Waals surface area contributed by atoms with Crippen molar-refractivity contribution in [1.29, 1.82) is 0 Å². The monoisotopic (exact) mass is 181 g/mol. The minimum absolute atomic E-state index is 0.515. The van der Waals surface area contributed by atoms with Gasteiger partial charge in [0.05, 0.1) is 12.3 Å². The first-order valence-electron chi connectivity index (χ1n) is 4.62. The Hall–Kier alpha value is -1.01. The van der Waals surface area contributed by atoms with E-state index in [-0.39, 0.29) is 0 Å². The topological polar surface area (TPSA) is 30.8 Å². The molecule has 72 valence electrons. The Morgan fingerprint density at radius 2 is 2.38 bits per heavy atom. The molecule has 1 aliphatic heterocycles. The van der Waals surface area contributed by atoms with Crippen molar-refractivity contribution in [3.63, 3.8) is 0 Å². The largest absolute Gasteiger partial charge is 0.395 e. The molecule has 0 N–H and O–H groups in total. The Labute approximate surface area is 79.1 Å². The lowest BCUT2D eigenvalue weighted by Crippen LogP contribution is -2.00. The van der Waals surface area contributed by atoms with Gasteiger partial charge in [0.25, 0.3) is 0 Å². The lowest BCUT2D eigenvalue weighted by atomic mass is 10.2. The van der Waals surface area contributed by atoms with E-state index in [0.717, 1.165) is 38.2 Å². The molecular weight excluding hydrogens is 166 g/mol. The summed E-state index contributed by atoms with van der Waals surface area (Å²) in [6.07, 6.45) is 8.60. The molecule has 1 aliphatic rings. The number of rotatable bonds is 3. The number of nitrogens with zero attached hydrogens (tertiary/aromatic N) is 1. The van der Waals surface area contributed by atoms with Crippen LogP contribution in [0.1, 0.15) is 25.7 Å². The van der Waals surface area contributed by atoms with Gasteiger partial charge in [-0.05, 0) is 12.8 Å². The normalized spacial score (nSPS) is 20.7. The van der Waals surface area contributed by atoms with E-state index in [9.17, 15) is 0 Å². The molecule has 0 amide bonds. The number of hydrogen-bond donors (Lipinski definition) is 0. The Bertz CT molecular complexity index is 195. The van der Waals surface area contributed by atoms with Gasteiger partial charge in [0.2, 0.25) is 0 Å². The molecule has 3 heteroatoms. The molecule has 3 nitrogen and oxygen atoms in total. The van der Waals surface area contributed by atoms with Crippen LogP contribution in [-0.2, 0) is 9.57 Å². The van der Waals surface area contributed by atoms with Crippen molar-refractivity contribution in [2.45, 2.75) is 25.7 Å². The quantitative estimate of drug-likeness (QED) is 0.376. The standard InChI is InChI=1S/C10H15NO2/c1-2-3-8-13-11-10-5-4-7-12-9-6-10/h1H,3-9H2/b11-10-. The lowest BCUT2D eigenvalue weighted by Gasteiger charge is -2.00. The highest BCUT2D eigenvalue weighted by Crippen LogP contribution is 2.05. The first-order chi connectivity index (χ1) is 6.43. The zero-order chi connectivity index (χ0) is 9.36. The van der Waals surface area contributed by atoms with E-state index in [2.05, 4.69) is 11.1 Å². The summed E-state index contributed by atoms with van der Waals surface area (Å²) in [5.41, 5.74) is 1.09. The van der Waals surface area contributed by atoms with Crippen LogP contribution in [0.15, 0.2) is 5.16 Å². The summed E-state index contributed by atoms with van der Waals surface area (Å²) in [4.78, 5) is 5.06. The predicted octanol–water partition coefficient (Wildman–Crippen LogP) is 1.58. The van der Waals surface area contributed by atoms with Crippen LogP contribution in [0.4, 0.5) is 0 Å². The summed E-state index contributed by atoms with van der Waals surface area (Å²) in [5, 5.41) is 4.02. The van der Waals surface area contributed by atoms with Crippen molar-refractivity contribution >= 4 is 5.71 Å². The third-order valence-corrected chi connectivity index (χ3v) is 1.82. The molecule has 1 saturated heterocycles. The minimum atomic E-state index is 0.515. The van der Waals surface area contributed by atoms with Gasteiger partial charge in [-0.1, -0.05) is 5.16 Å². The molecule has 0 saturated carbocycles. The Morgan fingerprint density at radius 3 is 3.23 bits per heavy atom. The van der Waals surface area contributed by atoms with Crippen LogP contribution in [0.25, 0.3) is 0 Å². The molecule has 0 aromatic rings. The molecule has 13 heavy (non-hydrogen) atoms. The van der Waals surface area contributed by atoms with Crippen LogP contribution in [0.5, 0.6) is 0 Å². The fourth-order valence-electron chi connectivity index (χ4n) is 1.13. The Morgan fingerprint density at radius 1 is 1.46 bits per heavy atom. The lowest BCUT2D eigenvalue weighted by molar-refractivity contribution is 0.143. The van der Waals surface area contributed by atoms with E-state index < -0.39 is 0 Å². The van der Waals surface area contributed by atoms with E-state index in [0.29, 0.717) is 13.0 Å². The van der Waals surface area contributed by atoms with Gasteiger partial charge in [-0.25, -0.2) is 0 Å². The summed E-state index contributed by atoms with van der Waals surface area (Å²) >= 11 is 0. The molecule has 0 aromatic heterocycles. The Kier molecular flexibility index (Phi) is 5.04.